The van der Waals surface area contributed by atoms with Crippen LogP contribution >= 0.6 is 0 Å². The van der Waals surface area contributed by atoms with E-state index in [0.717, 1.165) is 30.9 Å². The number of hydrogen-bond donors (Lipinski definition) is 2. The van der Waals surface area contributed by atoms with Gasteiger partial charge >= 0.3 is 0 Å². The SMILES string of the molecule is CC(=O)N1c2ccc(C3CCNCC3)cc2C[C@@H](C)[C@@]1(C)Nc1ccc(C#N)cc1. The van der Waals surface area contributed by atoms with Crippen LogP contribution in [0, 0.1) is 17.2 Å². The number of fused-ring (bicyclic) bond motifs is 1. The lowest BCUT2D eigenvalue weighted by molar-refractivity contribution is -0.118. The summed E-state index contributed by atoms with van der Waals surface area (Å²) in [5.74, 6) is 0.844. The highest BCUT2D eigenvalue weighted by molar-refractivity contribution is 5.95. The predicted molar refractivity (Wildman–Crippen MR) is 120 cm³/mol. The molecule has 4 rings (SSSR count). The van der Waals surface area contributed by atoms with Crippen molar-refractivity contribution >= 4 is 17.3 Å². The minimum atomic E-state index is -0.552. The Morgan fingerprint density at radius 3 is 2.53 bits per heavy atom. The van der Waals surface area contributed by atoms with Gasteiger partial charge in [0.15, 0.2) is 0 Å². The Kier molecular flexibility index (Phi) is 5.53. The fourth-order valence-corrected chi connectivity index (χ4v) is 4.99. The van der Waals surface area contributed by atoms with Crippen molar-refractivity contribution in [1.29, 1.82) is 5.26 Å². The highest BCUT2D eigenvalue weighted by Crippen LogP contribution is 2.42. The standard InChI is InChI=1S/C25H30N4O/c1-17-14-22-15-21(20-10-12-27-13-11-20)6-9-24(22)29(18(2)30)25(17,3)28-23-7-4-19(16-26)5-8-23/h4-9,15,17,20,27-28H,10-14H2,1-3H3/t17-,25+/m1/s1. The van der Waals surface area contributed by atoms with Crippen LogP contribution in [0.1, 0.15) is 56.2 Å². The van der Waals surface area contributed by atoms with E-state index in [1.807, 2.05) is 17.0 Å². The molecule has 1 amide bonds. The summed E-state index contributed by atoms with van der Waals surface area (Å²) in [6.45, 7) is 8.09. The second-order valence-electron chi connectivity index (χ2n) is 8.83. The minimum absolute atomic E-state index is 0.0288. The molecule has 0 aromatic heterocycles. The summed E-state index contributed by atoms with van der Waals surface area (Å²) in [5.41, 5.74) is 4.64. The van der Waals surface area contributed by atoms with Crippen LogP contribution < -0.4 is 15.5 Å². The topological polar surface area (TPSA) is 68.2 Å². The van der Waals surface area contributed by atoms with Crippen molar-refractivity contribution < 1.29 is 4.79 Å². The molecule has 0 bridgehead atoms. The third-order valence-electron chi connectivity index (χ3n) is 6.83. The summed E-state index contributed by atoms with van der Waals surface area (Å²) in [6, 6.07) is 16.3. The first kappa shape index (κ1) is 20.4. The minimum Gasteiger partial charge on any atom is -0.362 e. The van der Waals surface area contributed by atoms with Crippen molar-refractivity contribution in [2.75, 3.05) is 23.3 Å². The van der Waals surface area contributed by atoms with Crippen LogP contribution in [-0.4, -0.2) is 24.7 Å². The average Bonchev–Trinajstić information content (AvgIpc) is 2.75. The zero-order valence-corrected chi connectivity index (χ0v) is 18.0. The molecule has 2 aliphatic heterocycles. The van der Waals surface area contributed by atoms with Crippen molar-refractivity contribution in [2.45, 2.75) is 51.6 Å². The maximum Gasteiger partial charge on any atom is 0.225 e. The normalized spacial score (nSPS) is 24.1. The number of benzene rings is 2. The molecule has 2 aliphatic rings. The van der Waals surface area contributed by atoms with Crippen molar-refractivity contribution in [1.82, 2.24) is 5.32 Å². The van der Waals surface area contributed by atoms with Gasteiger partial charge in [0.05, 0.1) is 11.6 Å². The number of hydrogen-bond acceptors (Lipinski definition) is 4. The molecule has 2 aromatic rings. The van der Waals surface area contributed by atoms with Crippen molar-refractivity contribution in [2.24, 2.45) is 5.92 Å². The number of nitrogens with one attached hydrogen (secondary N) is 2. The van der Waals surface area contributed by atoms with Crippen LogP contribution in [-0.2, 0) is 11.2 Å². The number of nitriles is 1. The summed E-state index contributed by atoms with van der Waals surface area (Å²) < 4.78 is 0. The van der Waals surface area contributed by atoms with Crippen LogP contribution in [0.3, 0.4) is 0 Å². The van der Waals surface area contributed by atoms with E-state index in [2.05, 4.69) is 48.7 Å². The first-order valence-corrected chi connectivity index (χ1v) is 10.8. The summed E-state index contributed by atoms with van der Waals surface area (Å²) >= 11 is 0. The predicted octanol–water partition coefficient (Wildman–Crippen LogP) is 4.40. The fraction of sp³-hybridized carbons (Fsp3) is 0.440. The molecule has 2 N–H and O–H groups in total. The first-order valence-electron chi connectivity index (χ1n) is 10.8. The molecule has 0 saturated carbocycles. The zero-order chi connectivity index (χ0) is 21.3. The number of carbonyl (C=O) groups excluding carboxylic acids is 1. The van der Waals surface area contributed by atoms with E-state index in [9.17, 15) is 4.79 Å². The molecule has 2 heterocycles. The second kappa shape index (κ2) is 8.12. The van der Waals surface area contributed by atoms with Gasteiger partial charge in [0.1, 0.15) is 5.66 Å². The Bertz CT molecular complexity index is 972. The number of carbonyl (C=O) groups is 1. The Labute approximate surface area is 179 Å². The van der Waals surface area contributed by atoms with E-state index in [-0.39, 0.29) is 11.8 Å². The summed E-state index contributed by atoms with van der Waals surface area (Å²) in [6.07, 6.45) is 3.25. The van der Waals surface area contributed by atoms with Gasteiger partial charge in [-0.1, -0.05) is 19.1 Å². The van der Waals surface area contributed by atoms with Crippen molar-refractivity contribution in [3.63, 3.8) is 0 Å². The van der Waals surface area contributed by atoms with E-state index in [1.54, 1.807) is 19.1 Å². The van der Waals surface area contributed by atoms with E-state index < -0.39 is 5.66 Å². The summed E-state index contributed by atoms with van der Waals surface area (Å²) in [4.78, 5) is 14.8. The van der Waals surface area contributed by atoms with E-state index in [0.29, 0.717) is 11.5 Å². The van der Waals surface area contributed by atoms with Crippen molar-refractivity contribution in [3.8, 4) is 6.07 Å². The smallest absolute Gasteiger partial charge is 0.225 e. The van der Waals surface area contributed by atoms with Gasteiger partial charge in [-0.05, 0) is 86.7 Å². The number of piperidine rings is 1. The Morgan fingerprint density at radius 2 is 1.90 bits per heavy atom. The molecule has 1 saturated heterocycles. The van der Waals surface area contributed by atoms with Crippen LogP contribution in [0.25, 0.3) is 0 Å². The van der Waals surface area contributed by atoms with Crippen LogP contribution in [0.4, 0.5) is 11.4 Å². The number of rotatable bonds is 3. The van der Waals surface area contributed by atoms with Gasteiger partial charge < -0.3 is 10.6 Å². The molecule has 0 unspecified atom stereocenters. The molecular weight excluding hydrogens is 372 g/mol. The molecule has 2 atom stereocenters. The molecule has 1 fully saturated rings. The molecule has 2 aromatic carbocycles. The Balaban J connectivity index is 1.68. The third kappa shape index (κ3) is 3.68. The Morgan fingerprint density at radius 1 is 1.20 bits per heavy atom. The van der Waals surface area contributed by atoms with Crippen LogP contribution in [0.2, 0.25) is 0 Å². The van der Waals surface area contributed by atoms with E-state index in [4.69, 9.17) is 5.26 Å². The highest BCUT2D eigenvalue weighted by atomic mass is 16.2. The molecule has 0 aliphatic carbocycles. The fourth-order valence-electron chi connectivity index (χ4n) is 4.99. The monoisotopic (exact) mass is 402 g/mol. The largest absolute Gasteiger partial charge is 0.362 e. The summed E-state index contributed by atoms with van der Waals surface area (Å²) in [7, 11) is 0. The number of nitrogens with zero attached hydrogens (tertiary/aromatic N) is 2. The lowest BCUT2D eigenvalue weighted by atomic mass is 9.80. The van der Waals surface area contributed by atoms with Gasteiger partial charge in [-0.2, -0.15) is 5.26 Å². The van der Waals surface area contributed by atoms with E-state index >= 15 is 0 Å². The quantitative estimate of drug-likeness (QED) is 0.799. The van der Waals surface area contributed by atoms with Gasteiger partial charge in [0, 0.05) is 24.2 Å². The Hall–Kier alpha value is -2.84. The average molecular weight is 403 g/mol. The van der Waals surface area contributed by atoms with Gasteiger partial charge in [0.25, 0.3) is 0 Å². The molecule has 156 valence electrons. The van der Waals surface area contributed by atoms with Crippen LogP contribution in [0.5, 0.6) is 0 Å². The van der Waals surface area contributed by atoms with Gasteiger partial charge in [-0.15, -0.1) is 0 Å². The first-order chi connectivity index (χ1) is 14.4. The van der Waals surface area contributed by atoms with Gasteiger partial charge in [0.2, 0.25) is 5.91 Å². The maximum absolute atomic E-state index is 12.8. The molecular formula is C25H30N4O. The number of anilines is 2. The maximum atomic E-state index is 12.8. The van der Waals surface area contributed by atoms with Crippen LogP contribution in [0.15, 0.2) is 42.5 Å². The lowest BCUT2D eigenvalue weighted by Crippen LogP contribution is -2.61. The van der Waals surface area contributed by atoms with E-state index in [1.165, 1.54) is 24.0 Å². The second-order valence-corrected chi connectivity index (χ2v) is 8.83. The summed E-state index contributed by atoms with van der Waals surface area (Å²) in [5, 5.41) is 16.1. The van der Waals surface area contributed by atoms with Gasteiger partial charge in [-0.25, -0.2) is 0 Å². The lowest BCUT2D eigenvalue weighted by Gasteiger charge is -2.50. The highest BCUT2D eigenvalue weighted by Gasteiger charge is 2.44. The third-order valence-corrected chi connectivity index (χ3v) is 6.83. The molecule has 0 radical (unpaired) electrons. The van der Waals surface area contributed by atoms with Gasteiger partial charge in [-0.3, -0.25) is 9.69 Å². The van der Waals surface area contributed by atoms with Crippen molar-refractivity contribution in [3.05, 3.63) is 59.2 Å². The molecule has 5 nitrogen and oxygen atoms in total. The number of amides is 1. The molecule has 5 heteroatoms. The molecule has 0 spiro atoms. The molecule has 30 heavy (non-hydrogen) atoms. The zero-order valence-electron chi connectivity index (χ0n) is 18.0.